The van der Waals surface area contributed by atoms with Crippen LogP contribution in [0.2, 0.25) is 0 Å². The molecule has 0 bridgehead atoms. The number of nitrogens with zero attached hydrogens (tertiary/aromatic N) is 2. The number of imidazole rings is 1. The van der Waals surface area contributed by atoms with Gasteiger partial charge < -0.3 is 9.67 Å². The fraction of sp³-hybridized carbons (Fsp3) is 0.316. The predicted octanol–water partition coefficient (Wildman–Crippen LogP) is 4.26. The number of aliphatic hydroxyl groups is 1. The first-order valence-electron chi connectivity index (χ1n) is 7.78. The highest BCUT2D eigenvalue weighted by Crippen LogP contribution is 2.23. The summed E-state index contributed by atoms with van der Waals surface area (Å²) < 4.78 is 2.10. The number of benzene rings is 2. The second-order valence-electron chi connectivity index (χ2n) is 6.12. The van der Waals surface area contributed by atoms with Crippen LogP contribution in [0.4, 0.5) is 0 Å². The number of rotatable bonds is 4. The van der Waals surface area contributed by atoms with Crippen molar-refractivity contribution < 1.29 is 5.11 Å². The molecule has 0 saturated carbocycles. The zero-order chi connectivity index (χ0) is 15.7. The summed E-state index contributed by atoms with van der Waals surface area (Å²) in [6.07, 6.45) is -0.581. The number of hydrogen-bond acceptors (Lipinski definition) is 2. The van der Waals surface area contributed by atoms with Gasteiger partial charge in [-0.05, 0) is 36.1 Å². The van der Waals surface area contributed by atoms with Gasteiger partial charge in [-0.2, -0.15) is 0 Å². The van der Waals surface area contributed by atoms with E-state index in [-0.39, 0.29) is 0 Å². The Bertz CT molecular complexity index is 770. The predicted molar refractivity (Wildman–Crippen MR) is 90.0 cm³/mol. The van der Waals surface area contributed by atoms with Crippen LogP contribution in [-0.2, 0) is 6.54 Å². The van der Waals surface area contributed by atoms with E-state index in [4.69, 9.17) is 0 Å². The van der Waals surface area contributed by atoms with Gasteiger partial charge in [0, 0.05) is 6.54 Å². The molecule has 0 amide bonds. The monoisotopic (exact) mass is 294 g/mol. The van der Waals surface area contributed by atoms with Gasteiger partial charge in [0.1, 0.15) is 11.9 Å². The lowest BCUT2D eigenvalue weighted by Crippen LogP contribution is -2.08. The Morgan fingerprint density at radius 2 is 1.68 bits per heavy atom. The van der Waals surface area contributed by atoms with Crippen LogP contribution in [0.5, 0.6) is 0 Å². The van der Waals surface area contributed by atoms with Gasteiger partial charge >= 0.3 is 0 Å². The fourth-order valence-electron chi connectivity index (χ4n) is 2.77. The lowest BCUT2D eigenvalue weighted by molar-refractivity contribution is 0.185. The number of aromatic nitrogens is 2. The number of para-hydroxylation sites is 2. The van der Waals surface area contributed by atoms with E-state index in [1.165, 1.54) is 11.1 Å². The van der Waals surface area contributed by atoms with Crippen molar-refractivity contribution in [1.82, 2.24) is 9.55 Å². The number of aliphatic hydroxyl groups excluding tert-OH is 1. The van der Waals surface area contributed by atoms with Crippen molar-refractivity contribution in [1.29, 1.82) is 0 Å². The second kappa shape index (κ2) is 5.93. The maximum atomic E-state index is 10.0. The van der Waals surface area contributed by atoms with Crippen molar-refractivity contribution in [2.75, 3.05) is 0 Å². The van der Waals surface area contributed by atoms with E-state index in [9.17, 15) is 5.11 Å². The van der Waals surface area contributed by atoms with E-state index in [0.717, 1.165) is 17.6 Å². The average Bonchev–Trinajstić information content (AvgIpc) is 2.87. The van der Waals surface area contributed by atoms with Gasteiger partial charge in [0.2, 0.25) is 0 Å². The standard InChI is InChI=1S/C19H22N2O/c1-13(2)16-10-8-15(9-11-16)12-21-18-7-5-4-6-17(18)20-19(21)14(3)22/h4-11,13-14,22H,12H2,1-3H3/t14-/m1/s1. The fourth-order valence-corrected chi connectivity index (χ4v) is 2.77. The molecular weight excluding hydrogens is 272 g/mol. The van der Waals surface area contributed by atoms with Gasteiger partial charge in [0.15, 0.2) is 0 Å². The molecule has 1 N–H and O–H groups in total. The molecule has 3 aromatic rings. The van der Waals surface area contributed by atoms with Gasteiger partial charge in [-0.15, -0.1) is 0 Å². The first kappa shape index (κ1) is 14.8. The average molecular weight is 294 g/mol. The molecule has 0 aliphatic carbocycles. The molecule has 1 aromatic heterocycles. The lowest BCUT2D eigenvalue weighted by Gasteiger charge is -2.12. The van der Waals surface area contributed by atoms with Crippen LogP contribution in [0.1, 0.15) is 49.7 Å². The molecule has 0 saturated heterocycles. The molecule has 0 aliphatic rings. The Kier molecular flexibility index (Phi) is 3.99. The summed E-state index contributed by atoms with van der Waals surface area (Å²) in [7, 11) is 0. The summed E-state index contributed by atoms with van der Waals surface area (Å²) in [5.74, 6) is 1.25. The van der Waals surface area contributed by atoms with Crippen molar-refractivity contribution in [3.8, 4) is 0 Å². The van der Waals surface area contributed by atoms with E-state index in [2.05, 4.69) is 53.7 Å². The van der Waals surface area contributed by atoms with E-state index in [1.54, 1.807) is 6.92 Å². The Balaban J connectivity index is 2.00. The summed E-state index contributed by atoms with van der Waals surface area (Å²) in [4.78, 5) is 4.57. The van der Waals surface area contributed by atoms with Gasteiger partial charge in [-0.25, -0.2) is 4.98 Å². The summed E-state index contributed by atoms with van der Waals surface area (Å²) in [6, 6.07) is 16.7. The van der Waals surface area contributed by atoms with Crippen molar-refractivity contribution in [2.24, 2.45) is 0 Å². The van der Waals surface area contributed by atoms with Crippen LogP contribution in [0.3, 0.4) is 0 Å². The lowest BCUT2D eigenvalue weighted by atomic mass is 10.0. The molecule has 0 unspecified atom stereocenters. The van der Waals surface area contributed by atoms with E-state index >= 15 is 0 Å². The molecular formula is C19H22N2O. The van der Waals surface area contributed by atoms with Crippen LogP contribution in [0.25, 0.3) is 11.0 Å². The molecule has 1 heterocycles. The first-order valence-corrected chi connectivity index (χ1v) is 7.78. The molecule has 3 heteroatoms. The van der Waals surface area contributed by atoms with Gasteiger partial charge in [-0.3, -0.25) is 0 Å². The molecule has 0 aliphatic heterocycles. The Hall–Kier alpha value is -2.13. The van der Waals surface area contributed by atoms with Crippen LogP contribution in [-0.4, -0.2) is 14.7 Å². The Labute approximate surface area is 131 Å². The van der Waals surface area contributed by atoms with E-state index in [0.29, 0.717) is 11.7 Å². The molecule has 114 valence electrons. The van der Waals surface area contributed by atoms with Gasteiger partial charge in [0.05, 0.1) is 11.0 Å². The third kappa shape index (κ3) is 2.77. The molecule has 0 spiro atoms. The van der Waals surface area contributed by atoms with Crippen molar-refractivity contribution >= 4 is 11.0 Å². The summed E-state index contributed by atoms with van der Waals surface area (Å²) in [5.41, 5.74) is 4.55. The third-order valence-corrected chi connectivity index (χ3v) is 4.04. The number of hydrogen-bond donors (Lipinski definition) is 1. The molecule has 3 nitrogen and oxygen atoms in total. The summed E-state index contributed by atoms with van der Waals surface area (Å²) in [5, 5.41) is 10.0. The highest BCUT2D eigenvalue weighted by molar-refractivity contribution is 5.76. The molecule has 0 fully saturated rings. The topological polar surface area (TPSA) is 38.0 Å². The molecule has 0 radical (unpaired) electrons. The highest BCUT2D eigenvalue weighted by atomic mass is 16.3. The molecule has 1 atom stereocenters. The Morgan fingerprint density at radius 3 is 2.32 bits per heavy atom. The molecule has 22 heavy (non-hydrogen) atoms. The quantitative estimate of drug-likeness (QED) is 0.780. The normalized spacial score (nSPS) is 13.0. The minimum absolute atomic E-state index is 0.538. The van der Waals surface area contributed by atoms with E-state index < -0.39 is 6.10 Å². The van der Waals surface area contributed by atoms with Crippen LogP contribution in [0.15, 0.2) is 48.5 Å². The third-order valence-electron chi connectivity index (χ3n) is 4.04. The molecule has 2 aromatic carbocycles. The van der Waals surface area contributed by atoms with Gasteiger partial charge in [-0.1, -0.05) is 50.2 Å². The summed E-state index contributed by atoms with van der Waals surface area (Å²) >= 11 is 0. The zero-order valence-electron chi connectivity index (χ0n) is 13.3. The minimum atomic E-state index is -0.581. The zero-order valence-corrected chi connectivity index (χ0v) is 13.3. The first-order chi connectivity index (χ1) is 10.6. The Morgan fingerprint density at radius 1 is 1.00 bits per heavy atom. The van der Waals surface area contributed by atoms with Crippen LogP contribution >= 0.6 is 0 Å². The SMILES string of the molecule is CC(C)c1ccc(Cn2c([C@@H](C)O)nc3ccccc32)cc1. The van der Waals surface area contributed by atoms with Crippen molar-refractivity contribution in [3.63, 3.8) is 0 Å². The van der Waals surface area contributed by atoms with E-state index in [1.807, 2.05) is 18.2 Å². The van der Waals surface area contributed by atoms with Crippen molar-refractivity contribution in [2.45, 2.75) is 39.3 Å². The highest BCUT2D eigenvalue weighted by Gasteiger charge is 2.14. The minimum Gasteiger partial charge on any atom is -0.385 e. The number of fused-ring (bicyclic) bond motifs is 1. The smallest absolute Gasteiger partial charge is 0.138 e. The largest absolute Gasteiger partial charge is 0.385 e. The second-order valence-corrected chi connectivity index (χ2v) is 6.12. The maximum absolute atomic E-state index is 10.0. The molecule has 3 rings (SSSR count). The summed E-state index contributed by atoms with van der Waals surface area (Å²) in [6.45, 7) is 6.88. The van der Waals surface area contributed by atoms with Gasteiger partial charge in [0.25, 0.3) is 0 Å². The van der Waals surface area contributed by atoms with Crippen molar-refractivity contribution in [3.05, 3.63) is 65.5 Å². The van der Waals surface area contributed by atoms with Crippen LogP contribution < -0.4 is 0 Å². The maximum Gasteiger partial charge on any atom is 0.138 e. The van der Waals surface area contributed by atoms with Crippen LogP contribution in [0, 0.1) is 0 Å².